The molecule has 0 aliphatic carbocycles. The van der Waals surface area contributed by atoms with Gasteiger partial charge in [-0.05, 0) is 48.4 Å². The van der Waals surface area contributed by atoms with Crippen molar-refractivity contribution in [2.45, 2.75) is 13.0 Å². The van der Waals surface area contributed by atoms with Gasteiger partial charge in [0, 0.05) is 23.4 Å². The van der Waals surface area contributed by atoms with Gasteiger partial charge in [0.2, 0.25) is 11.9 Å². The minimum absolute atomic E-state index is 0.254. The van der Waals surface area contributed by atoms with Crippen LogP contribution in [0.4, 0.5) is 8.78 Å². The number of benzene rings is 2. The molecule has 0 aliphatic heterocycles. The molecule has 136 valence electrons. The smallest absolute Gasteiger partial charge is 0.244 e. The zero-order valence-corrected chi connectivity index (χ0v) is 14.7. The maximum Gasteiger partial charge on any atom is 0.244 e. The van der Waals surface area contributed by atoms with E-state index in [-0.39, 0.29) is 17.8 Å². The molecule has 0 saturated carbocycles. The number of halogens is 2. The summed E-state index contributed by atoms with van der Waals surface area (Å²) in [4.78, 5) is 15.8. The number of hydrogen-bond acceptors (Lipinski definition) is 2. The normalized spacial score (nSPS) is 12.1. The standard InChI is InChI=1S/C22H18F2N2O/c1-15(26-22(27)12-10-16-5-2-3-8-20(16)23)17-6-4-7-18(13-17)19-9-11-21(24)25-14-19/h2-15H,1H3,(H,26,27)/b12-10+. The molecule has 1 aromatic heterocycles. The highest BCUT2D eigenvalue weighted by Crippen LogP contribution is 2.23. The Morgan fingerprint density at radius 3 is 2.59 bits per heavy atom. The zero-order valence-electron chi connectivity index (χ0n) is 14.7. The van der Waals surface area contributed by atoms with Crippen molar-refractivity contribution in [3.63, 3.8) is 0 Å². The Kier molecular flexibility index (Phi) is 5.71. The van der Waals surface area contributed by atoms with Gasteiger partial charge in [-0.15, -0.1) is 0 Å². The number of nitrogens with zero attached hydrogens (tertiary/aromatic N) is 1. The average molecular weight is 364 g/mol. The van der Waals surface area contributed by atoms with E-state index < -0.39 is 5.95 Å². The van der Waals surface area contributed by atoms with Gasteiger partial charge in [-0.1, -0.05) is 36.4 Å². The molecule has 1 unspecified atom stereocenters. The van der Waals surface area contributed by atoms with Crippen LogP contribution in [0, 0.1) is 11.8 Å². The van der Waals surface area contributed by atoms with Crippen LogP contribution in [0.5, 0.6) is 0 Å². The molecule has 1 amide bonds. The first-order valence-corrected chi connectivity index (χ1v) is 8.48. The summed E-state index contributed by atoms with van der Waals surface area (Å²) >= 11 is 0. The van der Waals surface area contributed by atoms with Gasteiger partial charge in [0.1, 0.15) is 5.82 Å². The van der Waals surface area contributed by atoms with E-state index in [2.05, 4.69) is 10.3 Å². The van der Waals surface area contributed by atoms with Gasteiger partial charge >= 0.3 is 0 Å². The molecule has 1 atom stereocenters. The van der Waals surface area contributed by atoms with Crippen molar-refractivity contribution in [2.75, 3.05) is 0 Å². The van der Waals surface area contributed by atoms with Gasteiger partial charge in [0.15, 0.2) is 0 Å². The summed E-state index contributed by atoms with van der Waals surface area (Å²) in [5.74, 6) is -1.23. The van der Waals surface area contributed by atoms with Crippen LogP contribution < -0.4 is 5.32 Å². The minimum Gasteiger partial charge on any atom is -0.346 e. The largest absolute Gasteiger partial charge is 0.346 e. The number of hydrogen-bond donors (Lipinski definition) is 1. The molecular weight excluding hydrogens is 346 g/mol. The van der Waals surface area contributed by atoms with Crippen LogP contribution >= 0.6 is 0 Å². The van der Waals surface area contributed by atoms with Crippen molar-refractivity contribution in [3.8, 4) is 11.1 Å². The molecule has 5 heteroatoms. The lowest BCUT2D eigenvalue weighted by atomic mass is 10.0. The van der Waals surface area contributed by atoms with Gasteiger partial charge in [0.05, 0.1) is 6.04 Å². The van der Waals surface area contributed by atoms with E-state index in [0.29, 0.717) is 5.56 Å². The zero-order chi connectivity index (χ0) is 19.2. The highest BCUT2D eigenvalue weighted by molar-refractivity contribution is 5.92. The quantitative estimate of drug-likeness (QED) is 0.516. The Balaban J connectivity index is 1.70. The Hall–Kier alpha value is -3.34. The number of pyridine rings is 1. The fourth-order valence-corrected chi connectivity index (χ4v) is 2.65. The maximum absolute atomic E-state index is 13.6. The van der Waals surface area contributed by atoms with E-state index in [1.54, 1.807) is 24.3 Å². The molecule has 0 aliphatic rings. The number of carbonyl (C=O) groups is 1. The van der Waals surface area contributed by atoms with Crippen molar-refractivity contribution in [1.82, 2.24) is 10.3 Å². The third-order valence-corrected chi connectivity index (χ3v) is 4.13. The first-order valence-electron chi connectivity index (χ1n) is 8.48. The number of carbonyl (C=O) groups excluding carboxylic acids is 1. The molecule has 1 heterocycles. The number of nitrogens with one attached hydrogen (secondary N) is 1. The molecule has 0 fully saturated rings. The molecule has 1 N–H and O–H groups in total. The summed E-state index contributed by atoms with van der Waals surface area (Å²) in [5.41, 5.74) is 2.91. The van der Waals surface area contributed by atoms with Crippen molar-refractivity contribution >= 4 is 12.0 Å². The SMILES string of the molecule is CC(NC(=O)/C=C/c1ccccc1F)c1cccc(-c2ccc(F)nc2)c1. The van der Waals surface area contributed by atoms with Crippen molar-refractivity contribution in [1.29, 1.82) is 0 Å². The topological polar surface area (TPSA) is 42.0 Å². The molecular formula is C22H18F2N2O. The maximum atomic E-state index is 13.6. The lowest BCUT2D eigenvalue weighted by Gasteiger charge is -2.14. The van der Waals surface area contributed by atoms with Gasteiger partial charge in [-0.3, -0.25) is 4.79 Å². The van der Waals surface area contributed by atoms with Gasteiger partial charge in [-0.2, -0.15) is 4.39 Å². The summed E-state index contributed by atoms with van der Waals surface area (Å²) in [6.45, 7) is 1.86. The number of amides is 1. The minimum atomic E-state index is -0.530. The fourth-order valence-electron chi connectivity index (χ4n) is 2.65. The summed E-state index contributed by atoms with van der Waals surface area (Å²) in [5, 5.41) is 2.85. The van der Waals surface area contributed by atoms with Crippen LogP contribution in [0.2, 0.25) is 0 Å². The second-order valence-electron chi connectivity index (χ2n) is 6.08. The second kappa shape index (κ2) is 8.36. The predicted molar refractivity (Wildman–Crippen MR) is 102 cm³/mol. The van der Waals surface area contributed by atoms with Crippen molar-refractivity contribution in [2.24, 2.45) is 0 Å². The fraction of sp³-hybridized carbons (Fsp3) is 0.0909. The lowest BCUT2D eigenvalue weighted by Crippen LogP contribution is -2.24. The molecule has 3 rings (SSSR count). The molecule has 0 radical (unpaired) electrons. The Labute approximate surface area is 156 Å². The van der Waals surface area contributed by atoms with E-state index in [1.807, 2.05) is 31.2 Å². The van der Waals surface area contributed by atoms with Crippen LogP contribution in [0.3, 0.4) is 0 Å². The first-order chi connectivity index (χ1) is 13.0. The summed E-state index contributed by atoms with van der Waals surface area (Å²) < 4.78 is 26.6. The predicted octanol–water partition coefficient (Wildman–Crippen LogP) is 4.92. The Morgan fingerprint density at radius 2 is 1.85 bits per heavy atom. The molecule has 3 aromatic rings. The van der Waals surface area contributed by atoms with Crippen LogP contribution in [0.1, 0.15) is 24.1 Å². The number of aromatic nitrogens is 1. The molecule has 3 nitrogen and oxygen atoms in total. The average Bonchev–Trinajstić information content (AvgIpc) is 2.68. The Bertz CT molecular complexity index is 968. The first kappa shape index (κ1) is 18.5. The van der Waals surface area contributed by atoms with Crippen molar-refractivity contribution in [3.05, 3.63) is 95.8 Å². The Morgan fingerprint density at radius 1 is 1.04 bits per heavy atom. The monoisotopic (exact) mass is 364 g/mol. The van der Waals surface area contributed by atoms with Crippen molar-refractivity contribution < 1.29 is 13.6 Å². The summed E-state index contributed by atoms with van der Waals surface area (Å²) in [6, 6.07) is 16.5. The van der Waals surface area contributed by atoms with E-state index in [4.69, 9.17) is 0 Å². The summed E-state index contributed by atoms with van der Waals surface area (Å²) in [6.07, 6.45) is 4.22. The van der Waals surface area contributed by atoms with Crippen LogP contribution in [-0.2, 0) is 4.79 Å². The van der Waals surface area contributed by atoms with E-state index in [0.717, 1.165) is 16.7 Å². The molecule has 0 bridgehead atoms. The van der Waals surface area contributed by atoms with Gasteiger partial charge < -0.3 is 5.32 Å². The lowest BCUT2D eigenvalue weighted by molar-refractivity contribution is -0.117. The van der Waals surface area contributed by atoms with Gasteiger partial charge in [-0.25, -0.2) is 9.37 Å². The molecule has 0 saturated heterocycles. The van der Waals surface area contributed by atoms with Crippen LogP contribution in [-0.4, -0.2) is 10.9 Å². The van der Waals surface area contributed by atoms with E-state index in [1.165, 1.54) is 30.5 Å². The second-order valence-corrected chi connectivity index (χ2v) is 6.08. The molecule has 27 heavy (non-hydrogen) atoms. The van der Waals surface area contributed by atoms with Crippen LogP contribution in [0.25, 0.3) is 17.2 Å². The highest BCUT2D eigenvalue weighted by Gasteiger charge is 2.09. The van der Waals surface area contributed by atoms with E-state index >= 15 is 0 Å². The van der Waals surface area contributed by atoms with Crippen LogP contribution in [0.15, 0.2) is 72.9 Å². The third kappa shape index (κ3) is 4.85. The van der Waals surface area contributed by atoms with E-state index in [9.17, 15) is 13.6 Å². The third-order valence-electron chi connectivity index (χ3n) is 4.13. The number of rotatable bonds is 5. The molecule has 2 aromatic carbocycles. The van der Waals surface area contributed by atoms with Gasteiger partial charge in [0.25, 0.3) is 0 Å². The molecule has 0 spiro atoms. The highest BCUT2D eigenvalue weighted by atomic mass is 19.1. The summed E-state index contributed by atoms with van der Waals surface area (Å²) in [7, 11) is 0.